The van der Waals surface area contributed by atoms with Gasteiger partial charge in [0.05, 0.1) is 11.3 Å². The van der Waals surface area contributed by atoms with Gasteiger partial charge in [-0.15, -0.1) is 0 Å². The van der Waals surface area contributed by atoms with E-state index in [9.17, 15) is 26.7 Å². The number of amidine groups is 1. The molecule has 0 spiro atoms. The smallest absolute Gasteiger partial charge is 0.416 e. The Morgan fingerprint density at radius 1 is 1.29 bits per heavy atom. The minimum Gasteiger partial charge on any atom is -0.435 e. The molecule has 0 aliphatic carbocycles. The van der Waals surface area contributed by atoms with Crippen molar-refractivity contribution in [2.45, 2.75) is 63.9 Å². The number of rotatable bonds is 5. The largest absolute Gasteiger partial charge is 0.435 e. The van der Waals surface area contributed by atoms with Crippen LogP contribution in [0.5, 0.6) is 0 Å². The van der Waals surface area contributed by atoms with Crippen molar-refractivity contribution in [3.63, 3.8) is 0 Å². The Bertz CT molecular complexity index is 1050. The zero-order valence-electron chi connectivity index (χ0n) is 19.2. The number of alkyl carbamates (subject to hydrolysis) is 1. The Morgan fingerprint density at radius 3 is 2.57 bits per heavy atom. The first-order valence-electron chi connectivity index (χ1n) is 11.4. The monoisotopic (exact) mass is 499 g/mol. The molecule has 1 amide bonds. The van der Waals surface area contributed by atoms with Crippen molar-refractivity contribution >= 4 is 23.3 Å². The van der Waals surface area contributed by atoms with Crippen LogP contribution in [0.4, 0.5) is 32.6 Å². The molecule has 3 aliphatic rings. The van der Waals surface area contributed by atoms with E-state index >= 15 is 0 Å². The zero-order chi connectivity index (χ0) is 25.3. The van der Waals surface area contributed by atoms with E-state index in [1.165, 1.54) is 13.1 Å². The second-order valence-electron chi connectivity index (χ2n) is 8.64. The molecule has 12 heteroatoms. The number of carbonyl (C=O) groups excluding carboxylic acids is 1. The fourth-order valence-electron chi connectivity index (χ4n) is 4.70. The van der Waals surface area contributed by atoms with E-state index in [0.717, 1.165) is 25.0 Å². The maximum absolute atomic E-state index is 13.9. The van der Waals surface area contributed by atoms with Gasteiger partial charge in [-0.1, -0.05) is 13.0 Å². The molecule has 3 atom stereocenters. The number of carbonyl (C=O) groups is 1. The SMILES string of the molecule is CC/C=C/N=C1\NC(=O)OC(C(F)F)\C1=C(\C)c1cc(C(F)(F)F)cc(N2C3CCC2CNC3)n1. The van der Waals surface area contributed by atoms with Crippen LogP contribution in [-0.4, -0.2) is 54.6 Å². The molecular weight excluding hydrogens is 473 g/mol. The van der Waals surface area contributed by atoms with E-state index in [1.54, 1.807) is 6.08 Å². The zero-order valence-corrected chi connectivity index (χ0v) is 19.2. The van der Waals surface area contributed by atoms with Gasteiger partial charge in [0.1, 0.15) is 11.7 Å². The van der Waals surface area contributed by atoms with Gasteiger partial charge in [-0.2, -0.15) is 13.2 Å². The molecule has 190 valence electrons. The summed E-state index contributed by atoms with van der Waals surface area (Å²) in [6, 6.07) is 1.82. The first-order chi connectivity index (χ1) is 16.6. The first kappa shape index (κ1) is 25.1. The normalized spacial score (nSPS) is 27.5. The molecule has 3 aliphatic heterocycles. The summed E-state index contributed by atoms with van der Waals surface area (Å²) in [4.78, 5) is 22.3. The number of halogens is 5. The van der Waals surface area contributed by atoms with E-state index in [2.05, 4.69) is 20.6 Å². The predicted molar refractivity (Wildman–Crippen MR) is 120 cm³/mol. The van der Waals surface area contributed by atoms with Gasteiger partial charge in [0, 0.05) is 36.9 Å². The van der Waals surface area contributed by atoms with Crippen molar-refractivity contribution in [2.75, 3.05) is 18.0 Å². The highest BCUT2D eigenvalue weighted by Gasteiger charge is 2.41. The van der Waals surface area contributed by atoms with Crippen molar-refractivity contribution < 1.29 is 31.5 Å². The van der Waals surface area contributed by atoms with E-state index < -0.39 is 30.4 Å². The van der Waals surface area contributed by atoms with E-state index in [-0.39, 0.29) is 40.6 Å². The number of pyridine rings is 1. The number of allylic oxidation sites excluding steroid dienone is 2. The average molecular weight is 499 g/mol. The van der Waals surface area contributed by atoms with Crippen molar-refractivity contribution in [1.82, 2.24) is 15.6 Å². The van der Waals surface area contributed by atoms with E-state index in [0.29, 0.717) is 19.5 Å². The van der Waals surface area contributed by atoms with Crippen LogP contribution in [0.2, 0.25) is 0 Å². The molecule has 0 saturated carbocycles. The van der Waals surface area contributed by atoms with Gasteiger partial charge < -0.3 is 15.0 Å². The minimum atomic E-state index is -4.68. The number of ether oxygens (including phenoxy) is 1. The van der Waals surface area contributed by atoms with Gasteiger partial charge in [0.15, 0.2) is 6.10 Å². The van der Waals surface area contributed by atoms with Crippen LogP contribution in [0.25, 0.3) is 5.57 Å². The molecule has 4 heterocycles. The molecule has 7 nitrogen and oxygen atoms in total. The number of aromatic nitrogens is 1. The number of anilines is 1. The van der Waals surface area contributed by atoms with E-state index in [1.807, 2.05) is 11.8 Å². The van der Waals surface area contributed by atoms with Crippen LogP contribution < -0.4 is 15.5 Å². The second kappa shape index (κ2) is 9.92. The lowest BCUT2D eigenvalue weighted by atomic mass is 9.97. The lowest BCUT2D eigenvalue weighted by molar-refractivity contribution is -0.137. The van der Waals surface area contributed by atoms with Crippen molar-refractivity contribution in [1.29, 1.82) is 0 Å². The van der Waals surface area contributed by atoms with Gasteiger partial charge in [-0.25, -0.2) is 23.6 Å². The molecule has 4 rings (SSSR count). The van der Waals surface area contributed by atoms with E-state index in [4.69, 9.17) is 4.74 Å². The van der Waals surface area contributed by atoms with Crippen molar-refractivity contribution in [3.8, 4) is 0 Å². The van der Waals surface area contributed by atoms with Crippen LogP contribution in [0.3, 0.4) is 0 Å². The molecule has 2 N–H and O–H groups in total. The second-order valence-corrected chi connectivity index (χ2v) is 8.64. The third kappa shape index (κ3) is 5.16. The topological polar surface area (TPSA) is 78.8 Å². The molecule has 0 radical (unpaired) electrons. The van der Waals surface area contributed by atoms with Crippen molar-refractivity contribution in [2.24, 2.45) is 4.99 Å². The number of fused-ring (bicyclic) bond motifs is 2. The van der Waals surface area contributed by atoms with Crippen molar-refractivity contribution in [3.05, 3.63) is 41.2 Å². The quantitative estimate of drug-likeness (QED) is 0.583. The molecule has 2 bridgehead atoms. The summed E-state index contributed by atoms with van der Waals surface area (Å²) in [6.45, 7) is 4.46. The summed E-state index contributed by atoms with van der Waals surface area (Å²) in [5.74, 6) is -0.0701. The molecule has 3 unspecified atom stereocenters. The molecule has 1 aromatic rings. The summed E-state index contributed by atoms with van der Waals surface area (Å²) in [6.07, 6.45) is -5.72. The third-order valence-electron chi connectivity index (χ3n) is 6.34. The predicted octanol–water partition coefficient (Wildman–Crippen LogP) is 4.51. The Kier molecular flexibility index (Phi) is 7.11. The summed E-state index contributed by atoms with van der Waals surface area (Å²) < 4.78 is 74.2. The maximum atomic E-state index is 13.9. The minimum absolute atomic E-state index is 0.00652. The summed E-state index contributed by atoms with van der Waals surface area (Å²) in [7, 11) is 0. The maximum Gasteiger partial charge on any atom is 0.416 e. The fraction of sp³-hybridized carbons (Fsp3) is 0.522. The molecule has 35 heavy (non-hydrogen) atoms. The molecular formula is C23H26F5N5O2. The fourth-order valence-corrected chi connectivity index (χ4v) is 4.70. The number of aliphatic imine (C=N–C) groups is 1. The van der Waals surface area contributed by atoms with Crippen LogP contribution in [0.1, 0.15) is 44.4 Å². The summed E-state index contributed by atoms with van der Waals surface area (Å²) in [5.41, 5.74) is -1.29. The van der Waals surface area contributed by atoms with Gasteiger partial charge in [-0.3, -0.25) is 5.32 Å². The van der Waals surface area contributed by atoms with Crippen LogP contribution >= 0.6 is 0 Å². The number of amides is 1. The summed E-state index contributed by atoms with van der Waals surface area (Å²) in [5, 5.41) is 5.56. The highest BCUT2D eigenvalue weighted by molar-refractivity contribution is 6.13. The van der Waals surface area contributed by atoms with Gasteiger partial charge in [-0.05, 0) is 43.9 Å². The standard InChI is InChI=1S/C23H26F5N5O2/c1-3-4-7-30-21-18(19(20(24)25)35-22(34)32-21)12(2)16-8-13(23(26,27)28)9-17(31-16)33-14-5-6-15(33)11-29-10-14/h4,7-9,14-15,19-20,29H,3,5-6,10-11H2,1-2H3,(H,30,32,34)/b7-4+,18-12+. The number of alkyl halides is 5. The van der Waals surface area contributed by atoms with Crippen LogP contribution in [-0.2, 0) is 10.9 Å². The molecule has 3 fully saturated rings. The lowest BCUT2D eigenvalue weighted by Crippen LogP contribution is -2.52. The van der Waals surface area contributed by atoms with Gasteiger partial charge in [0.25, 0.3) is 6.43 Å². The first-order valence-corrected chi connectivity index (χ1v) is 11.4. The molecule has 3 saturated heterocycles. The molecule has 0 aromatic carbocycles. The lowest BCUT2D eigenvalue weighted by Gasteiger charge is -2.37. The average Bonchev–Trinajstić information content (AvgIpc) is 3.05. The Morgan fingerprint density at radius 2 is 1.97 bits per heavy atom. The number of piperazine rings is 1. The molecule has 1 aromatic heterocycles. The highest BCUT2D eigenvalue weighted by atomic mass is 19.4. The Hall–Kier alpha value is -3.02. The number of hydrogen-bond acceptors (Lipinski definition) is 6. The number of hydrogen-bond donors (Lipinski definition) is 2. The number of nitrogens with one attached hydrogen (secondary N) is 2. The summed E-state index contributed by atoms with van der Waals surface area (Å²) >= 11 is 0. The van der Waals surface area contributed by atoms with Gasteiger partial charge in [0.2, 0.25) is 0 Å². The van der Waals surface area contributed by atoms with Crippen LogP contribution in [0, 0.1) is 0 Å². The number of cyclic esters (lactones) is 1. The highest BCUT2D eigenvalue weighted by Crippen LogP contribution is 2.38. The Balaban J connectivity index is 1.88. The van der Waals surface area contributed by atoms with Gasteiger partial charge >= 0.3 is 12.3 Å². The number of nitrogens with zero attached hydrogens (tertiary/aromatic N) is 3. The third-order valence-corrected chi connectivity index (χ3v) is 6.34. The van der Waals surface area contributed by atoms with Crippen LogP contribution in [0.15, 0.2) is 35.0 Å². The Labute approximate surface area is 199 Å².